The number of ether oxygens (including phenoxy) is 1. The number of nitroso groups, excluding NO2 is 2. The fourth-order valence-corrected chi connectivity index (χ4v) is 1.51. The number of hydrogen-bond acceptors (Lipinski definition) is 5. The molecule has 0 N–H and O–H groups in total. The summed E-state index contributed by atoms with van der Waals surface area (Å²) in [5.74, 6) is 0.663. The molecule has 5 nitrogen and oxygen atoms in total. The molecule has 0 aromatic heterocycles. The van der Waals surface area contributed by atoms with Gasteiger partial charge in [0.2, 0.25) is 0 Å². The lowest BCUT2D eigenvalue weighted by Crippen LogP contribution is -2.11. The van der Waals surface area contributed by atoms with Crippen LogP contribution in [-0.4, -0.2) is 19.7 Å². The monoisotopic (exact) mass is 228 g/mol. The van der Waals surface area contributed by atoms with Crippen LogP contribution in [0.25, 0.3) is 0 Å². The second-order valence-corrected chi connectivity index (χ2v) is 3.67. The lowest BCUT2D eigenvalue weighted by Gasteiger charge is -2.15. The van der Waals surface area contributed by atoms with Gasteiger partial charge in [0.15, 0.2) is 0 Å². The van der Waals surface area contributed by atoms with E-state index in [1.165, 1.54) is 0 Å². The van der Waals surface area contributed by atoms with Crippen molar-refractivity contribution in [2.24, 2.45) is 10.4 Å². The number of nitrogens with zero attached hydrogens (tertiary/aromatic N) is 2. The maximum absolute atomic E-state index is 10.7. The van der Waals surface area contributed by atoms with E-state index in [4.69, 9.17) is 4.74 Å². The Bertz CT molecular complexity index is 252. The van der Waals surface area contributed by atoms with E-state index in [2.05, 4.69) is 10.4 Å². The molecule has 0 aromatic rings. The van der Waals surface area contributed by atoms with Gasteiger partial charge in [0.05, 0.1) is 13.7 Å². The van der Waals surface area contributed by atoms with Gasteiger partial charge in [0.1, 0.15) is 11.8 Å². The quantitative estimate of drug-likeness (QED) is 0.345. The molecule has 0 bridgehead atoms. The fourth-order valence-electron chi connectivity index (χ4n) is 1.51. The summed E-state index contributed by atoms with van der Waals surface area (Å²) in [7, 11) is 1.56. The molecule has 0 saturated carbocycles. The van der Waals surface area contributed by atoms with Crippen molar-refractivity contribution in [2.45, 2.75) is 45.6 Å². The van der Waals surface area contributed by atoms with Gasteiger partial charge in [-0.2, -0.15) is 9.81 Å². The average molecular weight is 228 g/mol. The number of allylic oxidation sites excluding steroid dienone is 1. The van der Waals surface area contributed by atoms with Crippen molar-refractivity contribution in [3.05, 3.63) is 21.1 Å². The van der Waals surface area contributed by atoms with Crippen LogP contribution < -0.4 is 0 Å². The van der Waals surface area contributed by atoms with Crippen LogP contribution in [0, 0.1) is 9.81 Å². The summed E-state index contributed by atoms with van der Waals surface area (Å²) in [5.41, 5.74) is 1.04. The van der Waals surface area contributed by atoms with Gasteiger partial charge in [-0.15, -0.1) is 0 Å². The first kappa shape index (κ1) is 14.7. The molecule has 1 atom stereocenters. The highest BCUT2D eigenvalue weighted by atomic mass is 16.5. The molecule has 5 heteroatoms. The van der Waals surface area contributed by atoms with Crippen LogP contribution in [0.2, 0.25) is 0 Å². The Morgan fingerprint density at radius 1 is 1.31 bits per heavy atom. The molecule has 0 spiro atoms. The molecular weight excluding hydrogens is 208 g/mol. The zero-order chi connectivity index (χ0) is 12.4. The Balaban J connectivity index is 4.34. The van der Waals surface area contributed by atoms with E-state index in [0.29, 0.717) is 25.1 Å². The molecule has 0 heterocycles. The van der Waals surface area contributed by atoms with E-state index < -0.39 is 6.04 Å². The third kappa shape index (κ3) is 5.00. The molecule has 0 aliphatic heterocycles. The number of hydrogen-bond donors (Lipinski definition) is 0. The van der Waals surface area contributed by atoms with E-state index >= 15 is 0 Å². The molecule has 0 aliphatic rings. The van der Waals surface area contributed by atoms with Gasteiger partial charge in [-0.1, -0.05) is 17.3 Å². The predicted octanol–water partition coefficient (Wildman–Crippen LogP) is 3.39. The van der Waals surface area contributed by atoms with Crippen molar-refractivity contribution in [3.63, 3.8) is 0 Å². The highest BCUT2D eigenvalue weighted by molar-refractivity contribution is 5.12. The molecule has 0 rings (SSSR count). The zero-order valence-corrected chi connectivity index (χ0v) is 10.2. The summed E-state index contributed by atoms with van der Waals surface area (Å²) in [6.07, 6.45) is 2.90. The smallest absolute Gasteiger partial charge is 0.149 e. The Labute approximate surface area is 96.2 Å². The summed E-state index contributed by atoms with van der Waals surface area (Å²) < 4.78 is 5.21. The summed E-state index contributed by atoms with van der Waals surface area (Å²) in [5, 5.41) is 5.86. The van der Waals surface area contributed by atoms with E-state index in [1.807, 2.05) is 13.8 Å². The average Bonchev–Trinajstić information content (AvgIpc) is 2.32. The van der Waals surface area contributed by atoms with Gasteiger partial charge in [-0.3, -0.25) is 0 Å². The minimum atomic E-state index is -0.434. The van der Waals surface area contributed by atoms with E-state index in [1.54, 1.807) is 7.11 Å². The van der Waals surface area contributed by atoms with Gasteiger partial charge < -0.3 is 4.74 Å². The van der Waals surface area contributed by atoms with Crippen molar-refractivity contribution in [2.75, 3.05) is 13.7 Å². The molecule has 0 radical (unpaired) electrons. The first-order chi connectivity index (χ1) is 7.71. The molecule has 0 saturated heterocycles. The Kier molecular flexibility index (Phi) is 8.29. The fraction of sp³-hybridized carbons (Fsp3) is 0.818. The topological polar surface area (TPSA) is 68.1 Å². The van der Waals surface area contributed by atoms with E-state index in [-0.39, 0.29) is 0 Å². The van der Waals surface area contributed by atoms with Crippen LogP contribution in [0.3, 0.4) is 0 Å². The minimum absolute atomic E-state index is 0.296. The highest BCUT2D eigenvalue weighted by Gasteiger charge is 2.17. The number of rotatable bonds is 9. The van der Waals surface area contributed by atoms with E-state index in [9.17, 15) is 9.81 Å². The van der Waals surface area contributed by atoms with Gasteiger partial charge >= 0.3 is 0 Å². The molecule has 92 valence electrons. The van der Waals surface area contributed by atoms with Crippen molar-refractivity contribution in [1.29, 1.82) is 0 Å². The molecule has 0 aliphatic carbocycles. The summed E-state index contributed by atoms with van der Waals surface area (Å²) >= 11 is 0. The van der Waals surface area contributed by atoms with Gasteiger partial charge in [0.25, 0.3) is 0 Å². The van der Waals surface area contributed by atoms with Crippen LogP contribution in [-0.2, 0) is 4.74 Å². The van der Waals surface area contributed by atoms with E-state index in [0.717, 1.165) is 18.4 Å². The van der Waals surface area contributed by atoms with Gasteiger partial charge in [-0.25, -0.2) is 0 Å². The maximum Gasteiger partial charge on any atom is 0.149 e. The van der Waals surface area contributed by atoms with Gasteiger partial charge in [-0.05, 0) is 38.2 Å². The SMILES string of the molecule is CC/C(C)=C(/OC)C(CCCCN=O)N=O. The number of methoxy groups -OCH3 is 1. The lowest BCUT2D eigenvalue weighted by molar-refractivity contribution is 0.253. The second kappa shape index (κ2) is 9.00. The summed E-state index contributed by atoms with van der Waals surface area (Å²) in [6.45, 7) is 4.24. The van der Waals surface area contributed by atoms with Crippen molar-refractivity contribution < 1.29 is 4.74 Å². The molecule has 0 amide bonds. The van der Waals surface area contributed by atoms with Gasteiger partial charge in [0, 0.05) is 0 Å². The highest BCUT2D eigenvalue weighted by Crippen LogP contribution is 2.20. The van der Waals surface area contributed by atoms with Crippen LogP contribution in [0.4, 0.5) is 0 Å². The predicted molar refractivity (Wildman–Crippen MR) is 64.1 cm³/mol. The summed E-state index contributed by atoms with van der Waals surface area (Å²) in [4.78, 5) is 20.6. The maximum atomic E-state index is 10.7. The van der Waals surface area contributed by atoms with Crippen molar-refractivity contribution in [1.82, 2.24) is 0 Å². The van der Waals surface area contributed by atoms with Crippen LogP contribution >= 0.6 is 0 Å². The van der Waals surface area contributed by atoms with Crippen molar-refractivity contribution in [3.8, 4) is 0 Å². The first-order valence-electron chi connectivity index (χ1n) is 5.56. The number of unbranched alkanes of at least 4 members (excludes halogenated alkanes) is 1. The molecular formula is C11H20N2O3. The molecule has 16 heavy (non-hydrogen) atoms. The Morgan fingerprint density at radius 3 is 2.44 bits per heavy atom. The third-order valence-corrected chi connectivity index (χ3v) is 2.58. The largest absolute Gasteiger partial charge is 0.499 e. The first-order valence-corrected chi connectivity index (χ1v) is 5.56. The Hall–Kier alpha value is -1.26. The zero-order valence-electron chi connectivity index (χ0n) is 10.2. The summed E-state index contributed by atoms with van der Waals surface area (Å²) in [6, 6.07) is -0.434. The lowest BCUT2D eigenvalue weighted by atomic mass is 10.0. The Morgan fingerprint density at radius 2 is 2.00 bits per heavy atom. The molecule has 0 aromatic carbocycles. The standard InChI is InChI=1S/C11H20N2O3/c1-4-9(2)11(16-3)10(13-15)7-5-6-8-12-14/h10H,4-8H2,1-3H3/b11-9+. The normalized spacial score (nSPS) is 13.9. The van der Waals surface area contributed by atoms with Crippen LogP contribution in [0.5, 0.6) is 0 Å². The van der Waals surface area contributed by atoms with Crippen LogP contribution in [0.1, 0.15) is 39.5 Å². The molecule has 0 fully saturated rings. The minimum Gasteiger partial charge on any atom is -0.499 e. The van der Waals surface area contributed by atoms with Crippen LogP contribution in [0.15, 0.2) is 21.7 Å². The molecule has 1 unspecified atom stereocenters. The third-order valence-electron chi connectivity index (χ3n) is 2.58. The second-order valence-electron chi connectivity index (χ2n) is 3.67. The van der Waals surface area contributed by atoms with Crippen molar-refractivity contribution >= 4 is 0 Å².